The monoisotopic (exact) mass is 272 g/mol. The van der Waals surface area contributed by atoms with E-state index in [1.165, 1.54) is 0 Å². The third-order valence-electron chi connectivity index (χ3n) is 2.80. The molecule has 0 amide bonds. The first kappa shape index (κ1) is 14.0. The predicted molar refractivity (Wildman–Crippen MR) is 81.0 cm³/mol. The lowest BCUT2D eigenvalue weighted by atomic mass is 10.0. The average Bonchev–Trinajstić information content (AvgIpc) is 2.57. The van der Waals surface area contributed by atoms with Crippen molar-refractivity contribution in [3.63, 3.8) is 0 Å². The average molecular weight is 272 g/mol. The van der Waals surface area contributed by atoms with Crippen molar-refractivity contribution < 1.29 is 0 Å². The molecule has 2 aromatic rings. The fourth-order valence-corrected chi connectivity index (χ4v) is 1.80. The molecule has 2 aromatic carbocycles. The lowest BCUT2D eigenvalue weighted by molar-refractivity contribution is 1.26. The second kappa shape index (κ2) is 6.70. The van der Waals surface area contributed by atoms with Gasteiger partial charge < -0.3 is 5.73 Å². The molecule has 4 nitrogen and oxygen atoms in total. The molecular formula is C17H12N4. The van der Waals surface area contributed by atoms with Gasteiger partial charge in [-0.15, -0.1) is 0 Å². The largest absolute Gasteiger partial charge is 0.388 e. The number of nitriles is 2. The third-order valence-corrected chi connectivity index (χ3v) is 2.80. The lowest BCUT2D eigenvalue weighted by Gasteiger charge is -2.07. The zero-order chi connectivity index (χ0) is 15.1. The predicted octanol–water partition coefficient (Wildman–Crippen LogP) is 2.74. The van der Waals surface area contributed by atoms with Gasteiger partial charge in [0, 0.05) is 11.1 Å². The minimum atomic E-state index is -0.193. The molecule has 0 fully saturated rings. The van der Waals surface area contributed by atoms with Crippen LogP contribution in [0.4, 0.5) is 0 Å². The normalized spacial score (nSPS) is 10.8. The molecule has 0 radical (unpaired) electrons. The van der Waals surface area contributed by atoms with Crippen LogP contribution in [0.25, 0.3) is 0 Å². The molecule has 0 aliphatic heterocycles. The molecule has 0 aliphatic carbocycles. The van der Waals surface area contributed by atoms with Crippen LogP contribution < -0.4 is 5.73 Å². The van der Waals surface area contributed by atoms with Crippen LogP contribution in [-0.4, -0.2) is 5.71 Å². The van der Waals surface area contributed by atoms with Crippen LogP contribution in [0.2, 0.25) is 0 Å². The van der Waals surface area contributed by atoms with E-state index in [0.29, 0.717) is 5.71 Å². The zero-order valence-corrected chi connectivity index (χ0v) is 11.2. The Labute approximate surface area is 123 Å². The molecule has 0 atom stereocenters. The number of allylic oxidation sites excluding steroid dienone is 2. The topological polar surface area (TPSA) is 86.0 Å². The van der Waals surface area contributed by atoms with E-state index in [4.69, 9.17) is 16.3 Å². The van der Waals surface area contributed by atoms with Crippen molar-refractivity contribution in [2.75, 3.05) is 0 Å². The summed E-state index contributed by atoms with van der Waals surface area (Å²) >= 11 is 0. The Morgan fingerprint density at radius 1 is 0.810 bits per heavy atom. The number of benzene rings is 2. The van der Waals surface area contributed by atoms with Crippen molar-refractivity contribution in [3.05, 3.63) is 83.2 Å². The van der Waals surface area contributed by atoms with Crippen LogP contribution in [0.1, 0.15) is 11.1 Å². The fourth-order valence-electron chi connectivity index (χ4n) is 1.80. The number of nitrogens with zero attached hydrogens (tertiary/aromatic N) is 3. The van der Waals surface area contributed by atoms with E-state index in [1.807, 2.05) is 66.7 Å². The SMILES string of the molecule is N#C/C(N)=C(\C#N)N=C(c1ccccc1)c1ccccc1. The molecule has 100 valence electrons. The van der Waals surface area contributed by atoms with E-state index >= 15 is 0 Å². The van der Waals surface area contributed by atoms with Gasteiger partial charge in [0.2, 0.25) is 0 Å². The van der Waals surface area contributed by atoms with Gasteiger partial charge >= 0.3 is 0 Å². The Balaban J connectivity index is 2.64. The molecule has 0 heterocycles. The van der Waals surface area contributed by atoms with Gasteiger partial charge in [-0.05, 0) is 0 Å². The second-order valence-electron chi connectivity index (χ2n) is 4.18. The third kappa shape index (κ3) is 3.34. The highest BCUT2D eigenvalue weighted by Gasteiger charge is 2.09. The molecule has 2 N–H and O–H groups in total. The number of rotatable bonds is 3. The van der Waals surface area contributed by atoms with Crippen LogP contribution in [0.3, 0.4) is 0 Å². The minimum absolute atomic E-state index is 0.0831. The smallest absolute Gasteiger partial charge is 0.175 e. The van der Waals surface area contributed by atoms with Gasteiger partial charge in [-0.2, -0.15) is 10.5 Å². The summed E-state index contributed by atoms with van der Waals surface area (Å²) in [5.41, 5.74) is 7.55. The van der Waals surface area contributed by atoms with Gasteiger partial charge in [-0.3, -0.25) is 0 Å². The van der Waals surface area contributed by atoms with Crippen molar-refractivity contribution in [2.24, 2.45) is 10.7 Å². The molecular weight excluding hydrogens is 260 g/mol. The Kier molecular flexibility index (Phi) is 4.48. The summed E-state index contributed by atoms with van der Waals surface area (Å²) in [5.74, 6) is 0. The van der Waals surface area contributed by atoms with Gasteiger partial charge in [0.25, 0.3) is 0 Å². The van der Waals surface area contributed by atoms with Gasteiger partial charge in [0.15, 0.2) is 5.70 Å². The summed E-state index contributed by atoms with van der Waals surface area (Å²) < 4.78 is 0. The molecule has 21 heavy (non-hydrogen) atoms. The summed E-state index contributed by atoms with van der Waals surface area (Å²) in [6.07, 6.45) is 0. The standard InChI is InChI=1S/C17H12N4/c18-11-15(20)16(12-19)21-17(13-7-3-1-4-8-13)14-9-5-2-6-10-14/h1-10H,20H2/b16-15-. The van der Waals surface area contributed by atoms with E-state index in [9.17, 15) is 0 Å². The Morgan fingerprint density at radius 3 is 1.67 bits per heavy atom. The number of aliphatic imine (C=N–C) groups is 1. The summed E-state index contributed by atoms with van der Waals surface area (Å²) in [5, 5.41) is 18.0. The summed E-state index contributed by atoms with van der Waals surface area (Å²) in [7, 11) is 0. The van der Waals surface area contributed by atoms with E-state index in [2.05, 4.69) is 4.99 Å². The molecule has 0 aliphatic rings. The van der Waals surface area contributed by atoms with Crippen LogP contribution in [-0.2, 0) is 0 Å². The first-order valence-corrected chi connectivity index (χ1v) is 6.25. The molecule has 0 spiro atoms. The molecule has 0 unspecified atom stereocenters. The molecule has 4 heteroatoms. The van der Waals surface area contributed by atoms with Gasteiger partial charge in [-0.25, -0.2) is 4.99 Å². The van der Waals surface area contributed by atoms with Crippen molar-refractivity contribution >= 4 is 5.71 Å². The second-order valence-corrected chi connectivity index (χ2v) is 4.18. The van der Waals surface area contributed by atoms with Crippen molar-refractivity contribution in [1.82, 2.24) is 0 Å². The zero-order valence-electron chi connectivity index (χ0n) is 11.2. The molecule has 0 bridgehead atoms. The van der Waals surface area contributed by atoms with Crippen molar-refractivity contribution in [2.45, 2.75) is 0 Å². The molecule has 0 saturated heterocycles. The Hall–Kier alpha value is -3.37. The lowest BCUT2D eigenvalue weighted by Crippen LogP contribution is -2.06. The van der Waals surface area contributed by atoms with Crippen molar-refractivity contribution in [1.29, 1.82) is 10.5 Å². The summed E-state index contributed by atoms with van der Waals surface area (Å²) in [6.45, 7) is 0. The van der Waals surface area contributed by atoms with E-state index in [0.717, 1.165) is 11.1 Å². The first-order valence-electron chi connectivity index (χ1n) is 6.25. The quantitative estimate of drug-likeness (QED) is 0.688. The van der Waals surface area contributed by atoms with E-state index < -0.39 is 0 Å². The Bertz CT molecular complexity index is 718. The fraction of sp³-hybridized carbons (Fsp3) is 0. The molecule has 2 rings (SSSR count). The van der Waals surface area contributed by atoms with E-state index in [-0.39, 0.29) is 11.4 Å². The van der Waals surface area contributed by atoms with Crippen molar-refractivity contribution in [3.8, 4) is 12.1 Å². The van der Waals surface area contributed by atoms with Crippen LogP contribution in [0.15, 0.2) is 77.1 Å². The maximum atomic E-state index is 9.12. The highest BCUT2D eigenvalue weighted by molar-refractivity contribution is 6.13. The number of hydrogen-bond donors (Lipinski definition) is 1. The summed E-state index contributed by atoms with van der Waals surface area (Å²) in [6, 6.07) is 22.5. The number of nitrogens with two attached hydrogens (primary N) is 1. The van der Waals surface area contributed by atoms with Gasteiger partial charge in [0.1, 0.15) is 17.8 Å². The van der Waals surface area contributed by atoms with E-state index in [1.54, 1.807) is 6.07 Å². The maximum absolute atomic E-state index is 9.12. The maximum Gasteiger partial charge on any atom is 0.175 e. The highest BCUT2D eigenvalue weighted by atomic mass is 14.8. The van der Waals surface area contributed by atoms with Crippen LogP contribution >= 0.6 is 0 Å². The number of hydrogen-bond acceptors (Lipinski definition) is 4. The van der Waals surface area contributed by atoms with Crippen LogP contribution in [0, 0.1) is 22.7 Å². The Morgan fingerprint density at radius 2 is 1.29 bits per heavy atom. The van der Waals surface area contributed by atoms with Crippen LogP contribution in [0.5, 0.6) is 0 Å². The molecule has 0 aromatic heterocycles. The first-order chi connectivity index (χ1) is 10.3. The minimum Gasteiger partial charge on any atom is -0.388 e. The van der Waals surface area contributed by atoms with Gasteiger partial charge in [0.05, 0.1) is 5.71 Å². The highest BCUT2D eigenvalue weighted by Crippen LogP contribution is 2.14. The molecule has 0 saturated carbocycles. The summed E-state index contributed by atoms with van der Waals surface area (Å²) in [4.78, 5) is 4.29. The van der Waals surface area contributed by atoms with Gasteiger partial charge in [-0.1, -0.05) is 60.7 Å².